The first-order valence-corrected chi connectivity index (χ1v) is 9.14. The Hall–Kier alpha value is -1.33. The van der Waals surface area contributed by atoms with E-state index in [-0.39, 0.29) is 0 Å². The van der Waals surface area contributed by atoms with Crippen LogP contribution in [-0.4, -0.2) is 37.5 Å². The van der Waals surface area contributed by atoms with E-state index in [1.54, 1.807) is 0 Å². The van der Waals surface area contributed by atoms with Gasteiger partial charge in [-0.1, -0.05) is 31.9 Å². The standard InChI is InChI=1S/C18H27N3OS/c1-14-6-2-3-7-15(14)19-18(23)20-16-8-4-5-9-17(16)21-10-12-22-13-11-21/h4-5,8-9,14-15H,2-3,6-7,10-13H2,1H3,(H2,19,20,23)/t14-,15-/m1/s1. The zero-order chi connectivity index (χ0) is 16.1. The molecule has 3 rings (SSSR count). The van der Waals surface area contributed by atoms with Gasteiger partial charge in [-0.05, 0) is 43.1 Å². The summed E-state index contributed by atoms with van der Waals surface area (Å²) in [6.45, 7) is 5.76. The van der Waals surface area contributed by atoms with Gasteiger partial charge in [-0.2, -0.15) is 0 Å². The van der Waals surface area contributed by atoms with Crippen LogP contribution in [-0.2, 0) is 4.74 Å². The summed E-state index contributed by atoms with van der Waals surface area (Å²) in [6.07, 6.45) is 5.16. The number of nitrogens with one attached hydrogen (secondary N) is 2. The van der Waals surface area contributed by atoms with Crippen LogP contribution in [0.1, 0.15) is 32.6 Å². The molecule has 4 nitrogen and oxygen atoms in total. The van der Waals surface area contributed by atoms with Gasteiger partial charge in [0.25, 0.3) is 0 Å². The molecule has 1 aliphatic heterocycles. The fraction of sp³-hybridized carbons (Fsp3) is 0.611. The highest BCUT2D eigenvalue weighted by atomic mass is 32.1. The highest BCUT2D eigenvalue weighted by Gasteiger charge is 2.22. The number of para-hydroxylation sites is 2. The van der Waals surface area contributed by atoms with Crippen molar-refractivity contribution >= 4 is 28.7 Å². The number of nitrogens with zero attached hydrogens (tertiary/aromatic N) is 1. The lowest BCUT2D eigenvalue weighted by atomic mass is 9.86. The largest absolute Gasteiger partial charge is 0.378 e. The first-order valence-electron chi connectivity index (χ1n) is 8.73. The van der Waals surface area contributed by atoms with Crippen LogP contribution >= 0.6 is 12.2 Å². The van der Waals surface area contributed by atoms with Gasteiger partial charge in [0.05, 0.1) is 24.6 Å². The third-order valence-corrected chi connectivity index (χ3v) is 5.15. The molecule has 2 aliphatic rings. The maximum Gasteiger partial charge on any atom is 0.171 e. The average Bonchev–Trinajstić information content (AvgIpc) is 2.58. The molecule has 0 amide bonds. The van der Waals surface area contributed by atoms with Crippen molar-refractivity contribution in [2.45, 2.75) is 38.6 Å². The molecule has 23 heavy (non-hydrogen) atoms. The van der Waals surface area contributed by atoms with E-state index in [1.165, 1.54) is 31.4 Å². The molecule has 1 heterocycles. The minimum absolute atomic E-state index is 0.499. The Balaban J connectivity index is 1.63. The zero-order valence-corrected chi connectivity index (χ0v) is 14.7. The lowest BCUT2D eigenvalue weighted by Crippen LogP contribution is -2.43. The molecule has 1 saturated carbocycles. The summed E-state index contributed by atoms with van der Waals surface area (Å²) in [5.74, 6) is 0.693. The van der Waals surface area contributed by atoms with Crippen LogP contribution < -0.4 is 15.5 Å². The third kappa shape index (κ3) is 4.36. The topological polar surface area (TPSA) is 36.5 Å². The molecule has 2 atom stereocenters. The molecule has 0 radical (unpaired) electrons. The van der Waals surface area contributed by atoms with Crippen LogP contribution in [0.25, 0.3) is 0 Å². The Morgan fingerprint density at radius 3 is 2.70 bits per heavy atom. The maximum atomic E-state index is 5.57. The van der Waals surface area contributed by atoms with Gasteiger partial charge < -0.3 is 20.3 Å². The SMILES string of the molecule is C[C@@H]1CCCC[C@H]1NC(=S)Nc1ccccc1N1CCOCC1. The third-order valence-electron chi connectivity index (χ3n) is 4.93. The Kier molecular flexibility index (Phi) is 5.73. The molecule has 1 saturated heterocycles. The van der Waals surface area contributed by atoms with Crippen molar-refractivity contribution in [3.63, 3.8) is 0 Å². The van der Waals surface area contributed by atoms with Gasteiger partial charge >= 0.3 is 0 Å². The van der Waals surface area contributed by atoms with Crippen molar-refractivity contribution in [2.24, 2.45) is 5.92 Å². The fourth-order valence-electron chi connectivity index (χ4n) is 3.52. The predicted octanol–water partition coefficient (Wildman–Crippen LogP) is 3.39. The van der Waals surface area contributed by atoms with E-state index in [1.807, 2.05) is 0 Å². The van der Waals surface area contributed by atoms with Crippen molar-refractivity contribution in [3.8, 4) is 0 Å². The molecule has 0 unspecified atom stereocenters. The monoisotopic (exact) mass is 333 g/mol. The van der Waals surface area contributed by atoms with Gasteiger partial charge in [-0.3, -0.25) is 0 Å². The second-order valence-electron chi connectivity index (χ2n) is 6.58. The lowest BCUT2D eigenvalue weighted by Gasteiger charge is -2.32. The summed E-state index contributed by atoms with van der Waals surface area (Å²) in [7, 11) is 0. The van der Waals surface area contributed by atoms with E-state index in [4.69, 9.17) is 17.0 Å². The van der Waals surface area contributed by atoms with Crippen molar-refractivity contribution in [3.05, 3.63) is 24.3 Å². The van der Waals surface area contributed by atoms with E-state index in [0.717, 1.165) is 37.1 Å². The molecule has 126 valence electrons. The van der Waals surface area contributed by atoms with E-state index in [0.29, 0.717) is 12.0 Å². The summed E-state index contributed by atoms with van der Waals surface area (Å²) < 4.78 is 5.45. The zero-order valence-electron chi connectivity index (χ0n) is 13.9. The summed E-state index contributed by atoms with van der Waals surface area (Å²) in [4.78, 5) is 2.36. The minimum Gasteiger partial charge on any atom is -0.378 e. The van der Waals surface area contributed by atoms with Gasteiger partial charge in [0.1, 0.15) is 0 Å². The van der Waals surface area contributed by atoms with E-state index < -0.39 is 0 Å². The number of thiocarbonyl (C=S) groups is 1. The van der Waals surface area contributed by atoms with Crippen LogP contribution in [0.2, 0.25) is 0 Å². The van der Waals surface area contributed by atoms with Gasteiger partial charge in [0, 0.05) is 19.1 Å². The first kappa shape index (κ1) is 16.5. The maximum absolute atomic E-state index is 5.57. The Bertz CT molecular complexity index is 531. The van der Waals surface area contributed by atoms with Crippen LogP contribution in [0.3, 0.4) is 0 Å². The summed E-state index contributed by atoms with van der Waals surface area (Å²) in [5, 5.41) is 7.68. The summed E-state index contributed by atoms with van der Waals surface area (Å²) in [5.41, 5.74) is 2.28. The fourth-order valence-corrected chi connectivity index (χ4v) is 3.78. The Morgan fingerprint density at radius 2 is 1.91 bits per heavy atom. The van der Waals surface area contributed by atoms with Crippen molar-refractivity contribution in [1.82, 2.24) is 5.32 Å². The number of hydrogen-bond donors (Lipinski definition) is 2. The molecule has 1 aliphatic carbocycles. The molecule has 2 fully saturated rings. The minimum atomic E-state index is 0.499. The van der Waals surface area contributed by atoms with Crippen LogP contribution in [0, 0.1) is 5.92 Å². The second-order valence-corrected chi connectivity index (χ2v) is 6.99. The molecular weight excluding hydrogens is 306 g/mol. The highest BCUT2D eigenvalue weighted by molar-refractivity contribution is 7.80. The molecule has 1 aromatic rings. The number of benzene rings is 1. The van der Waals surface area contributed by atoms with Crippen LogP contribution in [0.4, 0.5) is 11.4 Å². The summed E-state index contributed by atoms with van der Waals surface area (Å²) >= 11 is 5.57. The van der Waals surface area contributed by atoms with Crippen molar-refractivity contribution in [1.29, 1.82) is 0 Å². The summed E-state index contributed by atoms with van der Waals surface area (Å²) in [6, 6.07) is 8.88. The van der Waals surface area contributed by atoms with Crippen molar-refractivity contribution < 1.29 is 4.74 Å². The Morgan fingerprint density at radius 1 is 1.17 bits per heavy atom. The number of ether oxygens (including phenoxy) is 1. The van der Waals surface area contributed by atoms with E-state index in [9.17, 15) is 0 Å². The number of anilines is 2. The van der Waals surface area contributed by atoms with Gasteiger partial charge in [-0.25, -0.2) is 0 Å². The van der Waals surface area contributed by atoms with Gasteiger partial charge in [0.15, 0.2) is 5.11 Å². The van der Waals surface area contributed by atoms with E-state index in [2.05, 4.69) is 46.7 Å². The Labute approximate surface area is 144 Å². The highest BCUT2D eigenvalue weighted by Crippen LogP contribution is 2.27. The van der Waals surface area contributed by atoms with Gasteiger partial charge in [-0.15, -0.1) is 0 Å². The molecule has 0 aromatic heterocycles. The van der Waals surface area contributed by atoms with Crippen LogP contribution in [0.5, 0.6) is 0 Å². The number of hydrogen-bond acceptors (Lipinski definition) is 3. The molecule has 5 heteroatoms. The average molecular weight is 334 g/mol. The normalized spacial score (nSPS) is 25.0. The first-order chi connectivity index (χ1) is 11.2. The molecule has 0 bridgehead atoms. The second kappa shape index (κ2) is 7.97. The molecular formula is C18H27N3OS. The van der Waals surface area contributed by atoms with E-state index >= 15 is 0 Å². The van der Waals surface area contributed by atoms with Gasteiger partial charge in [0.2, 0.25) is 0 Å². The molecule has 1 aromatic carbocycles. The molecule has 2 N–H and O–H groups in total. The smallest absolute Gasteiger partial charge is 0.171 e. The predicted molar refractivity (Wildman–Crippen MR) is 100 cm³/mol. The quantitative estimate of drug-likeness (QED) is 0.829. The lowest BCUT2D eigenvalue weighted by molar-refractivity contribution is 0.123. The molecule has 0 spiro atoms. The number of rotatable bonds is 3. The van der Waals surface area contributed by atoms with Crippen molar-refractivity contribution in [2.75, 3.05) is 36.5 Å². The van der Waals surface area contributed by atoms with Crippen LogP contribution in [0.15, 0.2) is 24.3 Å². The number of morpholine rings is 1.